The predicted molar refractivity (Wildman–Crippen MR) is 140 cm³/mol. The summed E-state index contributed by atoms with van der Waals surface area (Å²) in [5, 5.41) is 9.00. The Balaban J connectivity index is 2.03. The van der Waals surface area contributed by atoms with Gasteiger partial charge in [-0.2, -0.15) is 0 Å². The van der Waals surface area contributed by atoms with Crippen molar-refractivity contribution < 1.29 is 14.6 Å². The molecule has 3 rings (SSSR count). The largest absolute Gasteiger partial charge is 0.492 e. The van der Waals surface area contributed by atoms with E-state index in [4.69, 9.17) is 9.84 Å². The fourth-order valence-electron chi connectivity index (χ4n) is 4.18. The van der Waals surface area contributed by atoms with Crippen LogP contribution in [0.15, 0.2) is 52.3 Å². The molecule has 0 radical (unpaired) electrons. The van der Waals surface area contributed by atoms with Crippen molar-refractivity contribution >= 4 is 41.1 Å². The molecular formula is C26H36N2O3S2. The first kappa shape index (κ1) is 25.8. The lowest BCUT2D eigenvalue weighted by atomic mass is 9.87. The summed E-state index contributed by atoms with van der Waals surface area (Å²) in [5.74, 6) is -0.0992. The molecule has 0 unspecified atom stereocenters. The Hall–Kier alpha value is -1.83. The van der Waals surface area contributed by atoms with Crippen molar-refractivity contribution in [2.75, 3.05) is 24.3 Å². The van der Waals surface area contributed by atoms with Crippen LogP contribution in [0.4, 0.5) is 11.4 Å². The Morgan fingerprint density at radius 2 is 1.88 bits per heavy atom. The summed E-state index contributed by atoms with van der Waals surface area (Å²) in [6.45, 7) is 5.59. The fourth-order valence-corrected chi connectivity index (χ4v) is 5.76. The van der Waals surface area contributed by atoms with Gasteiger partial charge in [0.1, 0.15) is 5.75 Å². The van der Waals surface area contributed by atoms with Gasteiger partial charge in [-0.25, -0.2) is 0 Å². The first-order valence-electron chi connectivity index (χ1n) is 11.8. The zero-order chi connectivity index (χ0) is 23.7. The number of fused-ring (bicyclic) bond motifs is 1. The van der Waals surface area contributed by atoms with E-state index in [2.05, 4.69) is 65.9 Å². The average molecular weight is 489 g/mol. The minimum Gasteiger partial charge on any atom is -0.492 e. The van der Waals surface area contributed by atoms with Gasteiger partial charge in [-0.3, -0.25) is 9.52 Å². The molecule has 0 spiro atoms. The highest BCUT2D eigenvalue weighted by molar-refractivity contribution is 7.98. The maximum Gasteiger partial charge on any atom is 0.306 e. The highest BCUT2D eigenvalue weighted by Crippen LogP contribution is 2.45. The molecule has 33 heavy (non-hydrogen) atoms. The molecule has 2 aromatic carbocycles. The second-order valence-electron chi connectivity index (χ2n) is 8.58. The van der Waals surface area contributed by atoms with Crippen LogP contribution in [-0.4, -0.2) is 36.0 Å². The number of hydrogen-bond donors (Lipinski definition) is 2. The maximum atomic E-state index is 11.0. The van der Waals surface area contributed by atoms with Crippen LogP contribution in [0.5, 0.6) is 5.75 Å². The number of carboxylic acids is 1. The maximum absolute atomic E-state index is 11.0. The zero-order valence-electron chi connectivity index (χ0n) is 19.9. The number of nitrogens with zero attached hydrogens (tertiary/aromatic N) is 1. The van der Waals surface area contributed by atoms with Crippen LogP contribution in [0.1, 0.15) is 58.8 Å². The lowest BCUT2D eigenvalue weighted by Gasteiger charge is -2.38. The topological polar surface area (TPSA) is 61.8 Å². The quantitative estimate of drug-likeness (QED) is 0.243. The van der Waals surface area contributed by atoms with Crippen molar-refractivity contribution in [3.05, 3.63) is 42.5 Å². The van der Waals surface area contributed by atoms with E-state index in [-0.39, 0.29) is 18.6 Å². The van der Waals surface area contributed by atoms with Gasteiger partial charge in [0.2, 0.25) is 0 Å². The van der Waals surface area contributed by atoms with Crippen LogP contribution >= 0.6 is 23.7 Å². The summed E-state index contributed by atoms with van der Waals surface area (Å²) in [7, 11) is 0. The monoisotopic (exact) mass is 488 g/mol. The van der Waals surface area contributed by atoms with E-state index in [1.807, 2.05) is 6.26 Å². The average Bonchev–Trinajstić information content (AvgIpc) is 2.98. The molecule has 0 amide bonds. The molecule has 0 fully saturated rings. The minimum atomic E-state index is -0.849. The molecule has 180 valence electrons. The molecule has 1 heterocycles. The highest BCUT2D eigenvalue weighted by Gasteiger charge is 2.36. The van der Waals surface area contributed by atoms with Crippen LogP contribution in [-0.2, 0) is 4.79 Å². The second-order valence-corrected chi connectivity index (χ2v) is 10.3. The number of benzene rings is 2. The molecule has 0 bridgehead atoms. The fraction of sp³-hybridized carbons (Fsp3) is 0.500. The normalized spacial score (nSPS) is 15.1. The van der Waals surface area contributed by atoms with Crippen molar-refractivity contribution in [2.24, 2.45) is 0 Å². The number of hydrogen-bond acceptors (Lipinski definition) is 6. The van der Waals surface area contributed by atoms with E-state index < -0.39 is 5.97 Å². The molecule has 1 aliphatic rings. The van der Waals surface area contributed by atoms with Gasteiger partial charge < -0.3 is 14.7 Å². The number of rotatable bonds is 12. The lowest BCUT2D eigenvalue weighted by Crippen LogP contribution is -2.49. The number of unbranched alkanes of at least 4 members (excludes halogenated alkanes) is 2. The van der Waals surface area contributed by atoms with Crippen LogP contribution in [0.3, 0.4) is 0 Å². The number of para-hydroxylation sites is 1. The standard InChI is InChI=1S/C26H36N2O3S2/c1-4-6-14-26(15-7-5-2)19-28(20-11-9-8-10-12-20)21-17-24(32-3)22(18-23(21)33-27-26)31-16-13-25(29)30/h8-12,17-18,27H,4-7,13-16,19H2,1-3H3,(H,29,30). The third-order valence-corrected chi connectivity index (χ3v) is 7.87. The predicted octanol–water partition coefficient (Wildman–Crippen LogP) is 7.13. The van der Waals surface area contributed by atoms with E-state index in [1.54, 1.807) is 23.7 Å². The summed E-state index contributed by atoms with van der Waals surface area (Å²) < 4.78 is 9.79. The zero-order valence-corrected chi connectivity index (χ0v) is 21.6. The number of aliphatic carboxylic acids is 1. The van der Waals surface area contributed by atoms with Crippen LogP contribution in [0.25, 0.3) is 0 Å². The van der Waals surface area contributed by atoms with Gasteiger partial charge in [0.15, 0.2) is 0 Å². The molecule has 0 saturated carbocycles. The van der Waals surface area contributed by atoms with Crippen LogP contribution < -0.4 is 14.4 Å². The summed E-state index contributed by atoms with van der Waals surface area (Å²) in [5.41, 5.74) is 2.37. The number of ether oxygens (including phenoxy) is 1. The van der Waals surface area contributed by atoms with E-state index in [0.717, 1.165) is 34.9 Å². The Kier molecular flexibility index (Phi) is 9.83. The van der Waals surface area contributed by atoms with Gasteiger partial charge in [0.05, 0.1) is 28.5 Å². The summed E-state index contributed by atoms with van der Waals surface area (Å²) in [4.78, 5) is 15.5. The summed E-state index contributed by atoms with van der Waals surface area (Å²) >= 11 is 3.32. The Morgan fingerprint density at radius 3 is 2.48 bits per heavy atom. The molecule has 1 aliphatic heterocycles. The number of nitrogens with one attached hydrogen (secondary N) is 1. The lowest BCUT2D eigenvalue weighted by molar-refractivity contribution is -0.137. The van der Waals surface area contributed by atoms with Crippen molar-refractivity contribution in [3.8, 4) is 5.75 Å². The number of thioether (sulfide) groups is 1. The van der Waals surface area contributed by atoms with Crippen molar-refractivity contribution in [3.63, 3.8) is 0 Å². The number of carboxylic acid groups (broad SMARTS) is 1. The smallest absolute Gasteiger partial charge is 0.306 e. The third-order valence-electron chi connectivity index (χ3n) is 6.03. The van der Waals surface area contributed by atoms with Gasteiger partial charge >= 0.3 is 5.97 Å². The van der Waals surface area contributed by atoms with Gasteiger partial charge in [-0.15, -0.1) is 11.8 Å². The summed E-state index contributed by atoms with van der Waals surface area (Å²) in [6, 6.07) is 14.9. The molecule has 5 nitrogen and oxygen atoms in total. The molecule has 0 aromatic heterocycles. The number of carbonyl (C=O) groups is 1. The van der Waals surface area contributed by atoms with Gasteiger partial charge in [0.25, 0.3) is 0 Å². The molecule has 2 N–H and O–H groups in total. The van der Waals surface area contributed by atoms with Crippen LogP contribution in [0, 0.1) is 0 Å². The second kappa shape index (κ2) is 12.6. The first-order chi connectivity index (χ1) is 16.0. The molecule has 0 saturated heterocycles. The number of anilines is 2. The molecule has 0 atom stereocenters. The Morgan fingerprint density at radius 1 is 1.18 bits per heavy atom. The minimum absolute atomic E-state index is 0.00932. The Labute approximate surface area is 206 Å². The highest BCUT2D eigenvalue weighted by atomic mass is 32.2. The van der Waals surface area contributed by atoms with E-state index in [1.165, 1.54) is 37.1 Å². The van der Waals surface area contributed by atoms with Gasteiger partial charge in [-0.1, -0.05) is 57.7 Å². The van der Waals surface area contributed by atoms with E-state index >= 15 is 0 Å². The van der Waals surface area contributed by atoms with Crippen molar-refractivity contribution in [1.82, 2.24) is 4.72 Å². The Bertz CT molecular complexity index is 900. The molecule has 2 aromatic rings. The molecular weight excluding hydrogens is 452 g/mol. The van der Waals surface area contributed by atoms with Gasteiger partial charge in [-0.05, 0) is 55.3 Å². The molecule has 0 aliphatic carbocycles. The van der Waals surface area contributed by atoms with Gasteiger partial charge in [0, 0.05) is 17.8 Å². The van der Waals surface area contributed by atoms with E-state index in [0.29, 0.717) is 0 Å². The van der Waals surface area contributed by atoms with Crippen molar-refractivity contribution in [2.45, 2.75) is 74.1 Å². The third kappa shape index (κ3) is 6.84. The molecule has 7 heteroatoms. The van der Waals surface area contributed by atoms with Crippen molar-refractivity contribution in [1.29, 1.82) is 0 Å². The SMILES string of the molecule is CCCCC1(CCCC)CN(c2ccccc2)c2cc(SC)c(OCCC(=O)O)cc2SN1. The summed E-state index contributed by atoms with van der Waals surface area (Å²) in [6.07, 6.45) is 9.02. The first-order valence-corrected chi connectivity index (χ1v) is 13.9. The van der Waals surface area contributed by atoms with Crippen LogP contribution in [0.2, 0.25) is 0 Å². The van der Waals surface area contributed by atoms with E-state index in [9.17, 15) is 4.79 Å².